The second-order valence-corrected chi connectivity index (χ2v) is 10.2. The van der Waals surface area contributed by atoms with Crippen LogP contribution in [0.25, 0.3) is 0 Å². The summed E-state index contributed by atoms with van der Waals surface area (Å²) in [4.78, 5) is 29.0. The molecule has 0 saturated carbocycles. The van der Waals surface area contributed by atoms with Gasteiger partial charge in [-0.15, -0.1) is 11.8 Å². The lowest BCUT2D eigenvalue weighted by atomic mass is 10.1. The highest BCUT2D eigenvalue weighted by Gasteiger charge is 2.28. The first-order valence-corrected chi connectivity index (χ1v) is 12.7. The van der Waals surface area contributed by atoms with Gasteiger partial charge in [0.25, 0.3) is 0 Å². The topological polar surface area (TPSA) is 49.4 Å². The normalized spacial score (nSPS) is 12.0. The molecule has 2 amide bonds. The van der Waals surface area contributed by atoms with E-state index in [1.54, 1.807) is 28.8 Å². The number of hydrogen-bond donors (Lipinski definition) is 1. The van der Waals surface area contributed by atoms with Gasteiger partial charge in [0.1, 0.15) is 6.04 Å². The molecule has 0 aliphatic rings. The molecule has 0 unspecified atom stereocenters. The van der Waals surface area contributed by atoms with Gasteiger partial charge in [-0.3, -0.25) is 9.59 Å². The Balaban J connectivity index is 2.14. The Morgan fingerprint density at radius 1 is 1.06 bits per heavy atom. The Labute approximate surface area is 206 Å². The Morgan fingerprint density at radius 2 is 1.75 bits per heavy atom. The van der Waals surface area contributed by atoms with E-state index < -0.39 is 6.04 Å². The van der Waals surface area contributed by atoms with Crippen molar-refractivity contribution in [3.8, 4) is 0 Å². The summed E-state index contributed by atoms with van der Waals surface area (Å²) in [6.07, 6.45) is 0.871. The minimum Gasteiger partial charge on any atom is -0.354 e. The van der Waals surface area contributed by atoms with Crippen LogP contribution in [-0.4, -0.2) is 35.1 Å². The van der Waals surface area contributed by atoms with Gasteiger partial charge in [0.2, 0.25) is 11.8 Å². The number of rotatable bonds is 11. The first-order chi connectivity index (χ1) is 15.2. The number of thioether (sulfide) groups is 1. The first kappa shape index (κ1) is 26.6. The molecule has 2 aromatic carbocycles. The maximum atomic E-state index is 13.3. The van der Waals surface area contributed by atoms with Crippen LogP contribution in [-0.2, 0) is 16.1 Å². The van der Waals surface area contributed by atoms with Crippen LogP contribution in [0.2, 0.25) is 10.0 Å². The van der Waals surface area contributed by atoms with Gasteiger partial charge in [0.15, 0.2) is 0 Å². The fourth-order valence-corrected chi connectivity index (χ4v) is 4.37. The van der Waals surface area contributed by atoms with Crippen LogP contribution in [0, 0.1) is 12.8 Å². The number of hydrogen-bond acceptors (Lipinski definition) is 3. The van der Waals surface area contributed by atoms with Gasteiger partial charge >= 0.3 is 0 Å². The number of nitrogens with zero attached hydrogens (tertiary/aromatic N) is 1. The van der Waals surface area contributed by atoms with E-state index in [2.05, 4.69) is 29.6 Å². The molecule has 1 N–H and O–H groups in total. The summed E-state index contributed by atoms with van der Waals surface area (Å²) in [6.45, 7) is 8.94. The Bertz CT molecular complexity index is 903. The zero-order valence-electron chi connectivity index (χ0n) is 19.2. The highest BCUT2D eigenvalue weighted by Crippen LogP contribution is 2.25. The Hall–Kier alpha value is -1.69. The van der Waals surface area contributed by atoms with Crippen LogP contribution in [0.1, 0.15) is 44.7 Å². The summed E-state index contributed by atoms with van der Waals surface area (Å²) in [7, 11) is 0. The number of aryl methyl sites for hydroxylation is 1. The number of benzene rings is 2. The van der Waals surface area contributed by atoms with E-state index >= 15 is 0 Å². The third-order valence-electron chi connectivity index (χ3n) is 5.01. The summed E-state index contributed by atoms with van der Waals surface area (Å²) in [5, 5.41) is 3.87. The molecule has 174 valence electrons. The van der Waals surface area contributed by atoms with E-state index in [0.717, 1.165) is 10.5 Å². The van der Waals surface area contributed by atoms with E-state index in [1.807, 2.05) is 33.8 Å². The molecule has 7 heteroatoms. The molecular formula is C25H32Cl2N2O2S. The van der Waals surface area contributed by atoms with Crippen molar-refractivity contribution in [1.82, 2.24) is 10.2 Å². The molecule has 0 spiro atoms. The molecule has 4 nitrogen and oxygen atoms in total. The number of amides is 2. The quantitative estimate of drug-likeness (QED) is 0.369. The summed E-state index contributed by atoms with van der Waals surface area (Å²) in [5.74, 6) is 0.800. The predicted octanol–water partition coefficient (Wildman–Crippen LogP) is 6.36. The smallest absolute Gasteiger partial charge is 0.242 e. The molecule has 0 saturated heterocycles. The standard InChI is InChI=1S/C25H32Cl2N2O2S/c1-5-23(25(31)28-15-17(2)3)29(16-19-8-11-21(26)22(27)14-19)24(30)12-13-32-20-9-6-18(4)7-10-20/h6-11,14,17,23H,5,12-13,15-16H2,1-4H3,(H,28,31)/t23-/m1/s1. The molecule has 0 radical (unpaired) electrons. The van der Waals surface area contributed by atoms with Gasteiger partial charge < -0.3 is 10.2 Å². The number of carbonyl (C=O) groups is 2. The van der Waals surface area contributed by atoms with Crippen molar-refractivity contribution in [3.05, 3.63) is 63.6 Å². The summed E-state index contributed by atoms with van der Waals surface area (Å²) in [5.41, 5.74) is 2.05. The molecular weight excluding hydrogens is 463 g/mol. The maximum absolute atomic E-state index is 13.3. The SMILES string of the molecule is CC[C@H](C(=O)NCC(C)C)N(Cc1ccc(Cl)c(Cl)c1)C(=O)CCSc1ccc(C)cc1. The minimum absolute atomic E-state index is 0.0535. The van der Waals surface area contributed by atoms with Crippen LogP contribution in [0.15, 0.2) is 47.4 Å². The van der Waals surface area contributed by atoms with Crippen LogP contribution in [0.3, 0.4) is 0 Å². The van der Waals surface area contributed by atoms with Crippen LogP contribution >= 0.6 is 35.0 Å². The van der Waals surface area contributed by atoms with Crippen molar-refractivity contribution in [3.63, 3.8) is 0 Å². The lowest BCUT2D eigenvalue weighted by Crippen LogP contribution is -2.49. The van der Waals surface area contributed by atoms with Crippen molar-refractivity contribution in [2.45, 2.75) is 58.0 Å². The summed E-state index contributed by atoms with van der Waals surface area (Å²) in [6, 6.07) is 13.0. The Morgan fingerprint density at radius 3 is 2.34 bits per heavy atom. The zero-order valence-corrected chi connectivity index (χ0v) is 21.5. The third kappa shape index (κ3) is 8.34. The van der Waals surface area contributed by atoms with Gasteiger partial charge in [-0.2, -0.15) is 0 Å². The van der Waals surface area contributed by atoms with Crippen molar-refractivity contribution in [1.29, 1.82) is 0 Å². The van der Waals surface area contributed by atoms with Crippen LogP contribution < -0.4 is 5.32 Å². The lowest BCUT2D eigenvalue weighted by molar-refractivity contribution is -0.141. The molecule has 32 heavy (non-hydrogen) atoms. The molecule has 0 heterocycles. The van der Waals surface area contributed by atoms with E-state index in [-0.39, 0.29) is 11.8 Å². The van der Waals surface area contributed by atoms with Gasteiger partial charge in [0, 0.05) is 30.2 Å². The highest BCUT2D eigenvalue weighted by atomic mass is 35.5. The lowest BCUT2D eigenvalue weighted by Gasteiger charge is -2.31. The predicted molar refractivity (Wildman–Crippen MR) is 135 cm³/mol. The second-order valence-electron chi connectivity index (χ2n) is 8.24. The van der Waals surface area contributed by atoms with Crippen molar-refractivity contribution in [2.75, 3.05) is 12.3 Å². The van der Waals surface area contributed by atoms with E-state index in [9.17, 15) is 9.59 Å². The van der Waals surface area contributed by atoms with E-state index in [0.29, 0.717) is 47.6 Å². The van der Waals surface area contributed by atoms with Gasteiger partial charge in [-0.1, -0.05) is 67.7 Å². The van der Waals surface area contributed by atoms with Gasteiger partial charge in [0.05, 0.1) is 10.0 Å². The molecule has 0 aromatic heterocycles. The second kappa shape index (κ2) is 13.1. The molecule has 1 atom stereocenters. The average molecular weight is 496 g/mol. The summed E-state index contributed by atoms with van der Waals surface area (Å²) < 4.78 is 0. The zero-order chi connectivity index (χ0) is 23.7. The molecule has 0 aliphatic carbocycles. The third-order valence-corrected chi connectivity index (χ3v) is 6.77. The molecule has 2 aromatic rings. The fraction of sp³-hybridized carbons (Fsp3) is 0.440. The molecule has 0 aliphatic heterocycles. The minimum atomic E-state index is -0.542. The molecule has 0 bridgehead atoms. The van der Waals surface area contributed by atoms with E-state index in [1.165, 1.54) is 5.56 Å². The molecule has 2 rings (SSSR count). The monoisotopic (exact) mass is 494 g/mol. The van der Waals surface area contributed by atoms with E-state index in [4.69, 9.17) is 23.2 Å². The number of halogens is 2. The van der Waals surface area contributed by atoms with Gasteiger partial charge in [-0.05, 0) is 49.1 Å². The first-order valence-electron chi connectivity index (χ1n) is 10.9. The largest absolute Gasteiger partial charge is 0.354 e. The van der Waals surface area contributed by atoms with Gasteiger partial charge in [-0.25, -0.2) is 0 Å². The van der Waals surface area contributed by atoms with Crippen LogP contribution in [0.4, 0.5) is 0 Å². The summed E-state index contributed by atoms with van der Waals surface area (Å²) >= 11 is 13.9. The van der Waals surface area contributed by atoms with Crippen molar-refractivity contribution < 1.29 is 9.59 Å². The Kier molecular flexibility index (Phi) is 10.9. The fourth-order valence-electron chi connectivity index (χ4n) is 3.21. The maximum Gasteiger partial charge on any atom is 0.242 e. The van der Waals surface area contributed by atoms with Crippen LogP contribution in [0.5, 0.6) is 0 Å². The number of carbonyl (C=O) groups excluding carboxylic acids is 2. The van der Waals surface area contributed by atoms with Crippen molar-refractivity contribution >= 4 is 46.8 Å². The number of nitrogens with one attached hydrogen (secondary N) is 1. The molecule has 0 fully saturated rings. The highest BCUT2D eigenvalue weighted by molar-refractivity contribution is 7.99. The van der Waals surface area contributed by atoms with Crippen molar-refractivity contribution in [2.24, 2.45) is 5.92 Å². The average Bonchev–Trinajstić information content (AvgIpc) is 2.75.